The minimum atomic E-state index is 0.494. The van der Waals surface area contributed by atoms with Gasteiger partial charge in [-0.15, -0.1) is 10.2 Å². The smallest absolute Gasteiger partial charge is 0.271 e. The van der Waals surface area contributed by atoms with Crippen molar-refractivity contribution in [2.45, 2.75) is 31.8 Å². The van der Waals surface area contributed by atoms with Crippen LogP contribution in [0.25, 0.3) is 5.95 Å². The summed E-state index contributed by atoms with van der Waals surface area (Å²) in [5, 5.41) is 21.5. The lowest BCUT2D eigenvalue weighted by Gasteiger charge is -2.04. The molecule has 0 amide bonds. The largest absolute Gasteiger partial charge is 0.334 e. The van der Waals surface area contributed by atoms with Gasteiger partial charge >= 0.3 is 0 Å². The van der Waals surface area contributed by atoms with Crippen LogP contribution in [-0.2, 0) is 0 Å². The van der Waals surface area contributed by atoms with Crippen LogP contribution in [0, 0.1) is 25.2 Å². The molecule has 0 unspecified atom stereocenters. The van der Waals surface area contributed by atoms with Crippen molar-refractivity contribution >= 4 is 11.8 Å². The van der Waals surface area contributed by atoms with Gasteiger partial charge in [-0.2, -0.15) is 10.4 Å². The summed E-state index contributed by atoms with van der Waals surface area (Å²) in [5.41, 5.74) is 1.86. The van der Waals surface area contributed by atoms with Crippen LogP contribution in [0.15, 0.2) is 11.2 Å². The molecule has 0 fully saturated rings. The monoisotopic (exact) mass is 277 g/mol. The third kappa shape index (κ3) is 2.88. The Kier molecular flexibility index (Phi) is 4.06. The molecule has 0 atom stereocenters. The Labute approximate surface area is 115 Å². The Morgan fingerprint density at radius 3 is 2.84 bits per heavy atom. The number of aryl methyl sites for hydroxylation is 2. The van der Waals surface area contributed by atoms with Crippen molar-refractivity contribution in [3.63, 3.8) is 0 Å². The van der Waals surface area contributed by atoms with Crippen LogP contribution >= 0.6 is 11.8 Å². The molecule has 0 spiro atoms. The normalized spacial score (nSPS) is 10.6. The van der Waals surface area contributed by atoms with Gasteiger partial charge in [0.25, 0.3) is 5.95 Å². The zero-order chi connectivity index (χ0) is 13.8. The maximum atomic E-state index is 8.47. The quantitative estimate of drug-likeness (QED) is 0.501. The SMILES string of the molecule is Cc1cc(C)n(-c2nnc(SCCCC#N)n2N)n1. The molecule has 0 aliphatic heterocycles. The van der Waals surface area contributed by atoms with Crippen LogP contribution in [0.4, 0.5) is 0 Å². The van der Waals surface area contributed by atoms with E-state index in [0.29, 0.717) is 17.5 Å². The van der Waals surface area contributed by atoms with Crippen molar-refractivity contribution in [2.24, 2.45) is 0 Å². The topological polar surface area (TPSA) is 98.3 Å². The maximum Gasteiger partial charge on any atom is 0.271 e. The molecule has 0 saturated carbocycles. The zero-order valence-electron chi connectivity index (χ0n) is 10.9. The van der Waals surface area contributed by atoms with Gasteiger partial charge in [-0.05, 0) is 26.3 Å². The number of hydrogen-bond donors (Lipinski definition) is 1. The van der Waals surface area contributed by atoms with E-state index in [4.69, 9.17) is 11.1 Å². The van der Waals surface area contributed by atoms with E-state index in [-0.39, 0.29) is 0 Å². The Hall–Kier alpha value is -2.01. The predicted molar refractivity (Wildman–Crippen MR) is 72.3 cm³/mol. The van der Waals surface area contributed by atoms with Gasteiger partial charge in [0.05, 0.1) is 11.8 Å². The molecule has 19 heavy (non-hydrogen) atoms. The first-order valence-corrected chi connectivity index (χ1v) is 6.86. The van der Waals surface area contributed by atoms with E-state index in [2.05, 4.69) is 21.4 Å². The molecule has 2 aromatic rings. The zero-order valence-corrected chi connectivity index (χ0v) is 11.7. The van der Waals surface area contributed by atoms with E-state index in [9.17, 15) is 0 Å². The second-order valence-electron chi connectivity index (χ2n) is 4.10. The average Bonchev–Trinajstić information content (AvgIpc) is 2.88. The van der Waals surface area contributed by atoms with Crippen molar-refractivity contribution in [3.05, 3.63) is 17.5 Å². The van der Waals surface area contributed by atoms with Crippen molar-refractivity contribution in [1.82, 2.24) is 24.7 Å². The highest BCUT2D eigenvalue weighted by atomic mass is 32.2. The third-order valence-electron chi connectivity index (χ3n) is 2.51. The highest BCUT2D eigenvalue weighted by Gasteiger charge is 2.14. The van der Waals surface area contributed by atoms with Crippen LogP contribution in [0.2, 0.25) is 0 Å². The number of unbranched alkanes of at least 4 members (excludes halogenated alkanes) is 1. The van der Waals surface area contributed by atoms with E-state index in [1.807, 2.05) is 19.9 Å². The molecule has 2 N–H and O–H groups in total. The summed E-state index contributed by atoms with van der Waals surface area (Å²) in [6, 6.07) is 4.06. The van der Waals surface area contributed by atoms with Gasteiger partial charge in [0.1, 0.15) is 0 Å². The van der Waals surface area contributed by atoms with E-state index in [1.54, 1.807) is 4.68 Å². The molecule has 7 nitrogen and oxygen atoms in total. The lowest BCUT2D eigenvalue weighted by Crippen LogP contribution is -2.17. The predicted octanol–water partition coefficient (Wildman–Crippen LogP) is 1.19. The summed E-state index contributed by atoms with van der Waals surface area (Å²) >= 11 is 1.49. The van der Waals surface area contributed by atoms with Crippen LogP contribution in [0.3, 0.4) is 0 Å². The molecule has 2 heterocycles. The molecule has 0 saturated heterocycles. The van der Waals surface area contributed by atoms with E-state index < -0.39 is 0 Å². The van der Waals surface area contributed by atoms with Gasteiger partial charge in [0, 0.05) is 17.9 Å². The number of hydrogen-bond acceptors (Lipinski definition) is 6. The summed E-state index contributed by atoms with van der Waals surface area (Å²) < 4.78 is 3.10. The molecular formula is C11H15N7S. The van der Waals surface area contributed by atoms with Gasteiger partial charge in [0.15, 0.2) is 0 Å². The van der Waals surface area contributed by atoms with E-state index in [0.717, 1.165) is 23.6 Å². The second-order valence-corrected chi connectivity index (χ2v) is 5.16. The fourth-order valence-corrected chi connectivity index (χ4v) is 2.45. The van der Waals surface area contributed by atoms with E-state index >= 15 is 0 Å². The minimum Gasteiger partial charge on any atom is -0.334 e. The highest BCUT2D eigenvalue weighted by Crippen LogP contribution is 2.18. The van der Waals surface area contributed by atoms with E-state index in [1.165, 1.54) is 16.4 Å². The number of thioether (sulfide) groups is 1. The summed E-state index contributed by atoms with van der Waals surface area (Å²) in [6.07, 6.45) is 1.35. The third-order valence-corrected chi connectivity index (χ3v) is 3.54. The molecule has 0 aliphatic rings. The fraction of sp³-hybridized carbons (Fsp3) is 0.455. The van der Waals surface area contributed by atoms with Crippen molar-refractivity contribution in [1.29, 1.82) is 5.26 Å². The number of nitrogens with zero attached hydrogens (tertiary/aromatic N) is 6. The Balaban J connectivity index is 2.14. The van der Waals surface area contributed by atoms with Gasteiger partial charge in [-0.3, -0.25) is 0 Å². The maximum absolute atomic E-state index is 8.47. The molecular weight excluding hydrogens is 262 g/mol. The second kappa shape index (κ2) is 5.75. The lowest BCUT2D eigenvalue weighted by atomic mass is 10.4. The summed E-state index contributed by atoms with van der Waals surface area (Å²) in [4.78, 5) is 0. The number of nitrogens with two attached hydrogens (primary N) is 1. The van der Waals surface area contributed by atoms with Gasteiger partial charge < -0.3 is 5.84 Å². The molecule has 0 bridgehead atoms. The van der Waals surface area contributed by atoms with Crippen LogP contribution in [0.1, 0.15) is 24.2 Å². The Morgan fingerprint density at radius 2 is 2.21 bits per heavy atom. The summed E-state index contributed by atoms with van der Waals surface area (Å²) in [7, 11) is 0. The lowest BCUT2D eigenvalue weighted by molar-refractivity contribution is 0.727. The molecule has 0 aliphatic carbocycles. The van der Waals surface area contributed by atoms with Crippen molar-refractivity contribution < 1.29 is 0 Å². The summed E-state index contributed by atoms with van der Waals surface area (Å²) in [6.45, 7) is 3.85. The standard InChI is InChI=1S/C11H15N7S/c1-8-7-9(2)18(16-8)10-14-15-11(17(10)13)19-6-4-3-5-12/h7H,3-4,6,13H2,1-2H3. The number of aromatic nitrogens is 5. The van der Waals surface area contributed by atoms with Crippen LogP contribution in [0.5, 0.6) is 0 Å². The molecule has 2 aromatic heterocycles. The van der Waals surface area contributed by atoms with Crippen LogP contribution < -0.4 is 5.84 Å². The first-order chi connectivity index (χ1) is 9.13. The summed E-state index contributed by atoms with van der Waals surface area (Å²) in [5.74, 6) is 7.26. The molecule has 0 aromatic carbocycles. The van der Waals surface area contributed by atoms with Gasteiger partial charge in [0.2, 0.25) is 5.16 Å². The number of nitriles is 1. The van der Waals surface area contributed by atoms with Gasteiger partial charge in [-0.25, -0.2) is 9.36 Å². The number of rotatable bonds is 5. The first kappa shape index (κ1) is 13.4. The molecule has 8 heteroatoms. The number of nitrogen functional groups attached to an aromatic ring is 1. The minimum absolute atomic E-state index is 0.494. The molecule has 100 valence electrons. The fourth-order valence-electron chi connectivity index (χ4n) is 1.66. The van der Waals surface area contributed by atoms with Crippen LogP contribution in [-0.4, -0.2) is 30.4 Å². The Bertz CT molecular complexity index is 607. The molecule has 0 radical (unpaired) electrons. The molecule has 2 rings (SSSR count). The van der Waals surface area contributed by atoms with Crippen molar-refractivity contribution in [2.75, 3.05) is 11.6 Å². The Morgan fingerprint density at radius 1 is 1.42 bits per heavy atom. The highest BCUT2D eigenvalue weighted by molar-refractivity contribution is 7.99. The van der Waals surface area contributed by atoms with Gasteiger partial charge in [-0.1, -0.05) is 11.8 Å². The first-order valence-electron chi connectivity index (χ1n) is 5.87. The average molecular weight is 277 g/mol. The van der Waals surface area contributed by atoms with Crippen molar-refractivity contribution in [3.8, 4) is 12.0 Å².